The molecule has 1 atom stereocenters. The van der Waals surface area contributed by atoms with Gasteiger partial charge in [-0.2, -0.15) is 0 Å². The summed E-state index contributed by atoms with van der Waals surface area (Å²) in [5.74, 6) is 0.616. The summed E-state index contributed by atoms with van der Waals surface area (Å²) >= 11 is 0. The van der Waals surface area contributed by atoms with Crippen molar-refractivity contribution in [3.05, 3.63) is 83.0 Å². The molecule has 1 unspecified atom stereocenters. The van der Waals surface area contributed by atoms with Gasteiger partial charge in [0.2, 0.25) is 5.95 Å². The van der Waals surface area contributed by atoms with E-state index in [-0.39, 0.29) is 11.7 Å². The highest BCUT2D eigenvalue weighted by Crippen LogP contribution is 2.28. The van der Waals surface area contributed by atoms with Crippen LogP contribution in [0.4, 0.5) is 5.95 Å². The lowest BCUT2D eigenvalue weighted by Crippen LogP contribution is -2.41. The van der Waals surface area contributed by atoms with E-state index in [9.17, 15) is 4.79 Å². The summed E-state index contributed by atoms with van der Waals surface area (Å²) in [5.41, 5.74) is 2.17. The molecule has 4 aromatic rings. The molecule has 2 aromatic heterocycles. The molecule has 1 aliphatic heterocycles. The Morgan fingerprint density at radius 3 is 2.73 bits per heavy atom. The third-order valence-electron chi connectivity index (χ3n) is 5.45. The molecule has 0 amide bonds. The lowest BCUT2D eigenvalue weighted by atomic mass is 10.0. The Bertz CT molecular complexity index is 1260. The third kappa shape index (κ3) is 3.44. The van der Waals surface area contributed by atoms with Crippen molar-refractivity contribution in [1.29, 1.82) is 0 Å². The van der Waals surface area contributed by atoms with Crippen LogP contribution in [-0.4, -0.2) is 39.2 Å². The zero-order valence-corrected chi connectivity index (χ0v) is 16.6. The lowest BCUT2D eigenvalue weighted by molar-refractivity contribution is 0.0390. The van der Waals surface area contributed by atoms with Gasteiger partial charge in [0.15, 0.2) is 0 Å². The predicted molar refractivity (Wildman–Crippen MR) is 115 cm³/mol. The van der Waals surface area contributed by atoms with Gasteiger partial charge in [0, 0.05) is 25.9 Å². The van der Waals surface area contributed by atoms with Gasteiger partial charge < -0.3 is 9.64 Å². The monoisotopic (exact) mass is 399 g/mol. The number of hydrogen-bond acceptors (Lipinski definition) is 6. The van der Waals surface area contributed by atoms with E-state index in [1.807, 2.05) is 12.1 Å². The second kappa shape index (κ2) is 7.68. The van der Waals surface area contributed by atoms with E-state index in [1.54, 1.807) is 23.9 Å². The van der Waals surface area contributed by atoms with Crippen molar-refractivity contribution in [2.75, 3.05) is 24.6 Å². The first-order valence-corrected chi connectivity index (χ1v) is 9.89. The van der Waals surface area contributed by atoms with E-state index in [4.69, 9.17) is 9.72 Å². The number of nitrogens with zero attached hydrogens (tertiary/aromatic N) is 5. The Morgan fingerprint density at radius 1 is 1.03 bits per heavy atom. The van der Waals surface area contributed by atoms with Crippen molar-refractivity contribution in [3.8, 4) is 11.4 Å². The van der Waals surface area contributed by atoms with Crippen molar-refractivity contribution in [1.82, 2.24) is 19.5 Å². The molecule has 150 valence electrons. The number of fused-ring (bicyclic) bond motifs is 1. The van der Waals surface area contributed by atoms with Gasteiger partial charge in [0.05, 0.1) is 24.5 Å². The molecule has 0 N–H and O–H groups in total. The highest BCUT2D eigenvalue weighted by Gasteiger charge is 2.25. The fraction of sp³-hybridized carbons (Fsp3) is 0.217. The van der Waals surface area contributed by atoms with Gasteiger partial charge in [-0.25, -0.2) is 15.0 Å². The van der Waals surface area contributed by atoms with E-state index in [0.29, 0.717) is 37.0 Å². The Hall–Kier alpha value is -3.58. The van der Waals surface area contributed by atoms with Crippen LogP contribution in [0.5, 0.6) is 0 Å². The molecule has 1 saturated heterocycles. The first-order valence-electron chi connectivity index (χ1n) is 9.89. The predicted octanol–water partition coefficient (Wildman–Crippen LogP) is 2.97. The highest BCUT2D eigenvalue weighted by molar-refractivity contribution is 5.83. The normalized spacial score (nSPS) is 16.7. The zero-order chi connectivity index (χ0) is 20.5. The van der Waals surface area contributed by atoms with Crippen LogP contribution in [0.3, 0.4) is 0 Å². The van der Waals surface area contributed by atoms with Crippen LogP contribution in [0.15, 0.2) is 71.9 Å². The largest absolute Gasteiger partial charge is 0.370 e. The summed E-state index contributed by atoms with van der Waals surface area (Å²) in [4.78, 5) is 27.6. The maximum atomic E-state index is 12.6. The van der Waals surface area contributed by atoms with Gasteiger partial charge in [-0.15, -0.1) is 0 Å². The summed E-state index contributed by atoms with van der Waals surface area (Å²) in [6, 6.07) is 18.0. The number of hydrogen-bond donors (Lipinski definition) is 0. The van der Waals surface area contributed by atoms with Gasteiger partial charge in [0.25, 0.3) is 5.56 Å². The summed E-state index contributed by atoms with van der Waals surface area (Å²) in [7, 11) is 1.74. The topological polar surface area (TPSA) is 73.1 Å². The van der Waals surface area contributed by atoms with Crippen molar-refractivity contribution >= 4 is 16.7 Å². The molecule has 0 aliphatic carbocycles. The van der Waals surface area contributed by atoms with Crippen LogP contribution in [0.2, 0.25) is 0 Å². The molecule has 0 radical (unpaired) electrons. The number of ether oxygens (including phenoxy) is 1. The Morgan fingerprint density at radius 2 is 1.90 bits per heavy atom. The third-order valence-corrected chi connectivity index (χ3v) is 5.45. The van der Waals surface area contributed by atoms with Crippen molar-refractivity contribution in [2.45, 2.75) is 6.10 Å². The molecule has 7 heteroatoms. The Balaban J connectivity index is 1.48. The Labute approximate surface area is 173 Å². The number of morpholine rings is 1. The molecule has 1 aliphatic rings. The molecular weight excluding hydrogens is 378 g/mol. The summed E-state index contributed by atoms with van der Waals surface area (Å²) in [6.45, 7) is 1.84. The number of anilines is 1. The van der Waals surface area contributed by atoms with E-state index in [1.165, 1.54) is 23.2 Å². The highest BCUT2D eigenvalue weighted by atomic mass is 16.5. The summed E-state index contributed by atoms with van der Waals surface area (Å²) in [6.07, 6.45) is 3.01. The molecule has 5 rings (SSSR count). The molecular formula is C23H21N5O2. The molecule has 30 heavy (non-hydrogen) atoms. The second-order valence-corrected chi connectivity index (χ2v) is 7.35. The molecule has 7 nitrogen and oxygen atoms in total. The zero-order valence-electron chi connectivity index (χ0n) is 16.6. The SMILES string of the molecule is Cn1c(N2CCOC(c3ccc4ccccc4c3)C2)nc(-c2ccncn2)cc1=O. The molecule has 0 spiro atoms. The van der Waals surface area contributed by atoms with E-state index >= 15 is 0 Å². The fourth-order valence-corrected chi connectivity index (χ4v) is 3.82. The smallest absolute Gasteiger partial charge is 0.255 e. The van der Waals surface area contributed by atoms with Crippen molar-refractivity contribution < 1.29 is 4.74 Å². The summed E-state index contributed by atoms with van der Waals surface area (Å²) < 4.78 is 7.65. The Kier molecular flexibility index (Phi) is 4.72. The minimum Gasteiger partial charge on any atom is -0.370 e. The molecule has 0 saturated carbocycles. The first kappa shape index (κ1) is 18.4. The van der Waals surface area contributed by atoms with Gasteiger partial charge >= 0.3 is 0 Å². The standard InChI is InChI=1S/C23H21N5O2/c1-27-22(29)13-20(19-8-9-24-15-25-19)26-23(27)28-10-11-30-21(14-28)18-7-6-16-4-2-3-5-17(16)12-18/h2-9,12-13,15,21H,10-11,14H2,1H3. The minimum absolute atomic E-state index is 0.0945. The quantitative estimate of drug-likeness (QED) is 0.527. The molecule has 1 fully saturated rings. The maximum Gasteiger partial charge on any atom is 0.255 e. The number of benzene rings is 2. The van der Waals surface area contributed by atoms with Gasteiger partial charge in [-0.3, -0.25) is 9.36 Å². The summed E-state index contributed by atoms with van der Waals surface area (Å²) in [5, 5.41) is 2.39. The van der Waals surface area contributed by atoms with Gasteiger partial charge in [0.1, 0.15) is 12.4 Å². The van der Waals surface area contributed by atoms with Crippen LogP contribution < -0.4 is 10.5 Å². The lowest BCUT2D eigenvalue weighted by Gasteiger charge is -2.34. The number of rotatable bonds is 3. The van der Waals surface area contributed by atoms with Crippen molar-refractivity contribution in [3.63, 3.8) is 0 Å². The average molecular weight is 399 g/mol. The van der Waals surface area contributed by atoms with Gasteiger partial charge in [-0.05, 0) is 28.5 Å². The van der Waals surface area contributed by atoms with Crippen molar-refractivity contribution in [2.24, 2.45) is 7.05 Å². The first-order chi connectivity index (χ1) is 14.7. The minimum atomic E-state index is -0.123. The van der Waals surface area contributed by atoms with E-state index < -0.39 is 0 Å². The average Bonchev–Trinajstić information content (AvgIpc) is 2.81. The molecule has 3 heterocycles. The van der Waals surface area contributed by atoms with Crippen LogP contribution >= 0.6 is 0 Å². The van der Waals surface area contributed by atoms with Crippen LogP contribution in [-0.2, 0) is 11.8 Å². The van der Waals surface area contributed by atoms with E-state index in [2.05, 4.69) is 45.2 Å². The molecule has 2 aromatic carbocycles. The fourth-order valence-electron chi connectivity index (χ4n) is 3.82. The van der Waals surface area contributed by atoms with Crippen LogP contribution in [0, 0.1) is 0 Å². The molecule has 0 bridgehead atoms. The second-order valence-electron chi connectivity index (χ2n) is 7.35. The maximum absolute atomic E-state index is 12.6. The van der Waals surface area contributed by atoms with Crippen LogP contribution in [0.1, 0.15) is 11.7 Å². The van der Waals surface area contributed by atoms with Crippen LogP contribution in [0.25, 0.3) is 22.2 Å². The van der Waals surface area contributed by atoms with Gasteiger partial charge in [-0.1, -0.05) is 36.4 Å². The van der Waals surface area contributed by atoms with E-state index in [0.717, 1.165) is 5.56 Å². The number of aromatic nitrogens is 4.